The first-order valence-electron chi connectivity index (χ1n) is 8.99. The van der Waals surface area contributed by atoms with E-state index in [-0.39, 0.29) is 11.6 Å². The lowest BCUT2D eigenvalue weighted by Crippen LogP contribution is -2.45. The summed E-state index contributed by atoms with van der Waals surface area (Å²) in [5.41, 5.74) is 1.74. The third kappa shape index (κ3) is 3.76. The van der Waals surface area contributed by atoms with E-state index >= 15 is 0 Å². The van der Waals surface area contributed by atoms with Crippen molar-refractivity contribution in [3.05, 3.63) is 46.6 Å². The summed E-state index contributed by atoms with van der Waals surface area (Å²) in [7, 11) is 0. The van der Waals surface area contributed by atoms with E-state index in [2.05, 4.69) is 20.4 Å². The second kappa shape index (κ2) is 7.42. The van der Waals surface area contributed by atoms with Gasteiger partial charge in [0.1, 0.15) is 0 Å². The van der Waals surface area contributed by atoms with Crippen LogP contribution in [0, 0.1) is 6.92 Å². The van der Waals surface area contributed by atoms with Gasteiger partial charge in [-0.2, -0.15) is 0 Å². The van der Waals surface area contributed by atoms with Crippen molar-refractivity contribution < 1.29 is 14.3 Å². The number of benzene rings is 1. The fourth-order valence-electron chi connectivity index (χ4n) is 3.41. The Labute approximate surface area is 162 Å². The number of carbonyl (C=O) groups excluding carboxylic acids is 1. The molecule has 1 N–H and O–H groups in total. The molecule has 2 fully saturated rings. The van der Waals surface area contributed by atoms with Gasteiger partial charge in [0.15, 0.2) is 17.3 Å². The highest BCUT2D eigenvalue weighted by atomic mass is 35.5. The molecule has 4 rings (SSSR count). The average Bonchev–Trinajstić information content (AvgIpc) is 3.14. The topological polar surface area (TPSA) is 76.6 Å². The molecule has 27 heavy (non-hydrogen) atoms. The van der Waals surface area contributed by atoms with Gasteiger partial charge < -0.3 is 19.7 Å². The maximum Gasteiger partial charge on any atom is 0.276 e. The van der Waals surface area contributed by atoms with Crippen LogP contribution in [0.25, 0.3) is 0 Å². The van der Waals surface area contributed by atoms with Gasteiger partial charge in [-0.25, -0.2) is 0 Å². The van der Waals surface area contributed by atoms with Crippen molar-refractivity contribution in [2.45, 2.75) is 25.6 Å². The van der Waals surface area contributed by atoms with Gasteiger partial charge in [-0.3, -0.25) is 4.79 Å². The molecular weight excluding hydrogens is 368 g/mol. The molecule has 0 unspecified atom stereocenters. The molecule has 142 valence electrons. The van der Waals surface area contributed by atoms with Crippen LogP contribution in [0.4, 0.5) is 11.5 Å². The van der Waals surface area contributed by atoms with Crippen LogP contribution in [0.1, 0.15) is 28.9 Å². The van der Waals surface area contributed by atoms with Crippen molar-refractivity contribution in [3.8, 4) is 0 Å². The van der Waals surface area contributed by atoms with Crippen LogP contribution in [0.15, 0.2) is 30.3 Å². The van der Waals surface area contributed by atoms with Gasteiger partial charge >= 0.3 is 0 Å². The highest BCUT2D eigenvalue weighted by Gasteiger charge is 2.40. The minimum absolute atomic E-state index is 0.258. The number of nitrogens with zero attached hydrogens (tertiary/aromatic N) is 3. The molecule has 0 saturated carbocycles. The van der Waals surface area contributed by atoms with Crippen molar-refractivity contribution in [3.63, 3.8) is 0 Å². The first-order valence-corrected chi connectivity index (χ1v) is 9.37. The number of rotatable bonds is 3. The Morgan fingerprint density at radius 2 is 1.89 bits per heavy atom. The van der Waals surface area contributed by atoms with Gasteiger partial charge in [0.05, 0.1) is 13.2 Å². The lowest BCUT2D eigenvalue weighted by molar-refractivity contribution is -0.169. The van der Waals surface area contributed by atoms with Gasteiger partial charge in [-0.15, -0.1) is 10.2 Å². The summed E-state index contributed by atoms with van der Waals surface area (Å²) in [6.45, 7) is 4.74. The second-order valence-corrected chi connectivity index (χ2v) is 7.15. The largest absolute Gasteiger partial charge is 0.355 e. The maximum atomic E-state index is 12.4. The number of ether oxygens (including phenoxy) is 2. The Kier molecular flexibility index (Phi) is 4.99. The normalized spacial score (nSPS) is 18.7. The van der Waals surface area contributed by atoms with Gasteiger partial charge in [0.2, 0.25) is 0 Å². The van der Waals surface area contributed by atoms with Crippen LogP contribution in [-0.2, 0) is 9.47 Å². The third-order valence-electron chi connectivity index (χ3n) is 5.06. The fourth-order valence-corrected chi connectivity index (χ4v) is 3.58. The predicted octanol–water partition coefficient (Wildman–Crippen LogP) is 3.03. The van der Waals surface area contributed by atoms with Gasteiger partial charge in [0.25, 0.3) is 5.91 Å². The Bertz CT molecular complexity index is 827. The molecule has 7 nitrogen and oxygen atoms in total. The smallest absolute Gasteiger partial charge is 0.276 e. The molecular formula is C19H21ClN4O3. The molecule has 0 aliphatic carbocycles. The highest BCUT2D eigenvalue weighted by molar-refractivity contribution is 6.31. The molecule has 2 aliphatic rings. The second-order valence-electron chi connectivity index (χ2n) is 6.74. The lowest BCUT2D eigenvalue weighted by Gasteiger charge is -2.37. The standard InChI is InChI=1S/C19H21ClN4O3/c1-13-14(20)3-2-4-15(13)21-18(25)16-5-6-17(23-22-16)24-9-7-19(8-10-24)26-11-12-27-19/h2-6H,7-12H2,1H3,(H,21,25). The molecule has 1 amide bonds. The zero-order valence-electron chi connectivity index (χ0n) is 15.1. The summed E-state index contributed by atoms with van der Waals surface area (Å²) >= 11 is 6.09. The van der Waals surface area contributed by atoms with E-state index in [4.69, 9.17) is 21.1 Å². The van der Waals surface area contributed by atoms with Gasteiger partial charge in [-0.05, 0) is 36.8 Å². The summed E-state index contributed by atoms with van der Waals surface area (Å²) in [5.74, 6) is 0.0153. The van der Waals surface area contributed by atoms with Gasteiger partial charge in [0, 0.05) is 36.6 Å². The van der Waals surface area contributed by atoms with E-state index in [0.717, 1.165) is 37.3 Å². The minimum Gasteiger partial charge on any atom is -0.355 e. The first kappa shape index (κ1) is 18.2. The molecule has 0 bridgehead atoms. The number of aromatic nitrogens is 2. The Balaban J connectivity index is 1.40. The summed E-state index contributed by atoms with van der Waals surface area (Å²) in [5, 5.41) is 11.8. The number of hydrogen-bond acceptors (Lipinski definition) is 6. The first-order chi connectivity index (χ1) is 13.1. The molecule has 0 radical (unpaired) electrons. The number of carbonyl (C=O) groups is 1. The number of nitrogens with one attached hydrogen (secondary N) is 1. The molecule has 3 heterocycles. The number of halogens is 1. The number of hydrogen-bond donors (Lipinski definition) is 1. The van der Waals surface area contributed by atoms with E-state index in [1.54, 1.807) is 24.3 Å². The van der Waals surface area contributed by atoms with Crippen molar-refractivity contribution in [2.24, 2.45) is 0 Å². The van der Waals surface area contributed by atoms with Crippen LogP contribution >= 0.6 is 11.6 Å². The molecule has 1 spiro atoms. The molecule has 1 aromatic heterocycles. The van der Waals surface area contributed by atoms with E-state index in [9.17, 15) is 4.79 Å². The average molecular weight is 389 g/mol. The van der Waals surface area contributed by atoms with E-state index in [1.807, 2.05) is 13.0 Å². The Hall–Kier alpha value is -2.22. The summed E-state index contributed by atoms with van der Waals surface area (Å²) < 4.78 is 11.5. The van der Waals surface area contributed by atoms with E-state index < -0.39 is 5.79 Å². The zero-order valence-corrected chi connectivity index (χ0v) is 15.8. The van der Waals surface area contributed by atoms with E-state index in [1.165, 1.54) is 0 Å². The third-order valence-corrected chi connectivity index (χ3v) is 5.47. The zero-order chi connectivity index (χ0) is 18.9. The van der Waals surface area contributed by atoms with Crippen LogP contribution in [0.2, 0.25) is 5.02 Å². The van der Waals surface area contributed by atoms with Crippen molar-refractivity contribution >= 4 is 29.0 Å². The van der Waals surface area contributed by atoms with Crippen molar-refractivity contribution in [1.82, 2.24) is 10.2 Å². The number of amides is 1. The quantitative estimate of drug-likeness (QED) is 0.870. The van der Waals surface area contributed by atoms with E-state index in [0.29, 0.717) is 23.9 Å². The minimum atomic E-state index is -0.418. The van der Waals surface area contributed by atoms with Crippen molar-refractivity contribution in [1.29, 1.82) is 0 Å². The summed E-state index contributed by atoms with van der Waals surface area (Å²) in [6, 6.07) is 8.88. The molecule has 8 heteroatoms. The summed E-state index contributed by atoms with van der Waals surface area (Å²) in [6.07, 6.45) is 1.59. The lowest BCUT2D eigenvalue weighted by atomic mass is 10.0. The monoisotopic (exact) mass is 388 g/mol. The molecule has 2 aromatic rings. The Morgan fingerprint density at radius 3 is 2.56 bits per heavy atom. The maximum absolute atomic E-state index is 12.4. The Morgan fingerprint density at radius 1 is 1.15 bits per heavy atom. The predicted molar refractivity (Wildman–Crippen MR) is 102 cm³/mol. The summed E-state index contributed by atoms with van der Waals surface area (Å²) in [4.78, 5) is 14.6. The fraction of sp³-hybridized carbons (Fsp3) is 0.421. The molecule has 0 atom stereocenters. The number of piperidine rings is 1. The van der Waals surface area contributed by atoms with Gasteiger partial charge in [-0.1, -0.05) is 17.7 Å². The molecule has 1 aromatic carbocycles. The van der Waals surface area contributed by atoms with Crippen LogP contribution in [0.3, 0.4) is 0 Å². The van der Waals surface area contributed by atoms with Crippen LogP contribution in [0.5, 0.6) is 0 Å². The molecule has 2 aliphatic heterocycles. The number of anilines is 2. The highest BCUT2D eigenvalue weighted by Crippen LogP contribution is 2.32. The molecule has 2 saturated heterocycles. The van der Waals surface area contributed by atoms with Crippen molar-refractivity contribution in [2.75, 3.05) is 36.5 Å². The van der Waals surface area contributed by atoms with Crippen LogP contribution < -0.4 is 10.2 Å². The SMILES string of the molecule is Cc1c(Cl)cccc1NC(=O)c1ccc(N2CCC3(CC2)OCCO3)nn1. The van der Waals surface area contributed by atoms with Crippen LogP contribution in [-0.4, -0.2) is 48.2 Å².